The number of nitrogens with zero attached hydrogens (tertiary/aromatic N) is 7. The SMILES string of the molecule is COCCCCNc1nc(N(CCOC)CCOC)nc2c(N3CCC(OC)CC3)nc(N(CCOC)CCOC)nc12. The molecule has 2 aromatic rings. The summed E-state index contributed by atoms with van der Waals surface area (Å²) >= 11 is 0. The summed E-state index contributed by atoms with van der Waals surface area (Å²) in [7, 11) is 10.3. The van der Waals surface area contributed by atoms with Crippen LogP contribution in [0.1, 0.15) is 25.7 Å². The van der Waals surface area contributed by atoms with E-state index in [2.05, 4.69) is 20.0 Å². The lowest BCUT2D eigenvalue weighted by Crippen LogP contribution is -2.38. The van der Waals surface area contributed by atoms with Crippen LogP contribution in [0.15, 0.2) is 0 Å². The van der Waals surface area contributed by atoms with Crippen LogP contribution in [0.5, 0.6) is 0 Å². The van der Waals surface area contributed by atoms with E-state index in [1.165, 1.54) is 0 Å². The molecule has 0 bridgehead atoms. The Kier molecular flexibility index (Phi) is 15.9. The van der Waals surface area contributed by atoms with Crippen molar-refractivity contribution in [2.24, 2.45) is 0 Å². The Morgan fingerprint density at radius 2 is 1.16 bits per heavy atom. The quantitative estimate of drug-likeness (QED) is 0.196. The number of fused-ring (bicyclic) bond motifs is 1. The number of hydrogen-bond donors (Lipinski definition) is 1. The maximum Gasteiger partial charge on any atom is 0.228 e. The van der Waals surface area contributed by atoms with Crippen LogP contribution in [0, 0.1) is 0 Å². The van der Waals surface area contributed by atoms with Crippen molar-refractivity contribution < 1.29 is 28.4 Å². The molecular formula is C29H52N8O6. The molecule has 0 radical (unpaired) electrons. The van der Waals surface area contributed by atoms with Gasteiger partial charge in [-0.3, -0.25) is 0 Å². The normalized spacial score (nSPS) is 14.0. The van der Waals surface area contributed by atoms with Crippen molar-refractivity contribution in [3.63, 3.8) is 0 Å². The minimum atomic E-state index is 0.233. The summed E-state index contributed by atoms with van der Waals surface area (Å²) in [5.74, 6) is 2.65. The maximum atomic E-state index is 5.66. The van der Waals surface area contributed by atoms with Gasteiger partial charge in [-0.05, 0) is 25.7 Å². The van der Waals surface area contributed by atoms with Crippen LogP contribution in [0.3, 0.4) is 0 Å². The van der Waals surface area contributed by atoms with Crippen LogP contribution in [0.25, 0.3) is 11.0 Å². The third-order valence-electron chi connectivity index (χ3n) is 7.47. The fourth-order valence-corrected chi connectivity index (χ4v) is 4.92. The molecule has 0 atom stereocenters. The van der Waals surface area contributed by atoms with E-state index in [-0.39, 0.29) is 6.10 Å². The molecule has 14 heteroatoms. The average Bonchev–Trinajstić information content (AvgIpc) is 3.04. The summed E-state index contributed by atoms with van der Waals surface area (Å²) in [6.07, 6.45) is 3.91. The summed E-state index contributed by atoms with van der Waals surface area (Å²) in [6.45, 7) is 7.65. The first-order chi connectivity index (χ1) is 21.1. The lowest BCUT2D eigenvalue weighted by atomic mass is 10.1. The second-order valence-corrected chi connectivity index (χ2v) is 10.4. The van der Waals surface area contributed by atoms with Gasteiger partial charge in [-0.2, -0.15) is 9.97 Å². The van der Waals surface area contributed by atoms with Gasteiger partial charge in [0, 0.05) is 95.1 Å². The van der Waals surface area contributed by atoms with Crippen molar-refractivity contribution >= 4 is 34.6 Å². The molecule has 2 aromatic heterocycles. The smallest absolute Gasteiger partial charge is 0.228 e. The van der Waals surface area contributed by atoms with Crippen molar-refractivity contribution in [1.82, 2.24) is 19.9 Å². The molecule has 1 saturated heterocycles. The van der Waals surface area contributed by atoms with Gasteiger partial charge in [-0.15, -0.1) is 0 Å². The molecule has 14 nitrogen and oxygen atoms in total. The van der Waals surface area contributed by atoms with Gasteiger partial charge in [0.15, 0.2) is 11.6 Å². The van der Waals surface area contributed by atoms with E-state index in [1.54, 1.807) is 42.7 Å². The predicted molar refractivity (Wildman–Crippen MR) is 169 cm³/mol. The third kappa shape index (κ3) is 10.5. The van der Waals surface area contributed by atoms with E-state index >= 15 is 0 Å². The fraction of sp³-hybridized carbons (Fsp3) is 0.793. The number of unbranched alkanes of at least 4 members (excludes halogenated alkanes) is 1. The highest BCUT2D eigenvalue weighted by Gasteiger charge is 2.27. The molecule has 244 valence electrons. The van der Waals surface area contributed by atoms with E-state index in [0.29, 0.717) is 88.0 Å². The predicted octanol–water partition coefficient (Wildman–Crippen LogP) is 2.07. The van der Waals surface area contributed by atoms with Crippen LogP contribution in [0.2, 0.25) is 0 Å². The highest BCUT2D eigenvalue weighted by Crippen LogP contribution is 2.32. The zero-order valence-electron chi connectivity index (χ0n) is 27.0. The minimum absolute atomic E-state index is 0.233. The van der Waals surface area contributed by atoms with E-state index < -0.39 is 0 Å². The summed E-state index contributed by atoms with van der Waals surface area (Å²) in [6, 6.07) is 0. The molecule has 43 heavy (non-hydrogen) atoms. The zero-order valence-corrected chi connectivity index (χ0v) is 27.0. The largest absolute Gasteiger partial charge is 0.385 e. The van der Waals surface area contributed by atoms with Gasteiger partial charge in [0.25, 0.3) is 0 Å². The van der Waals surface area contributed by atoms with E-state index in [4.69, 9.17) is 48.4 Å². The standard InChI is InChI=1S/C29H52N8O6/c1-38-18-8-7-11-30-26-24-25(32-28(33-26)36(14-19-39-2)15-20-40-3)27(35-12-9-23(43-6)10-13-35)34-29(31-24)37(16-21-41-4)17-22-42-5/h23H,7-22H2,1-6H3,(H,30,32,33). The second-order valence-electron chi connectivity index (χ2n) is 10.4. The molecule has 0 spiro atoms. The van der Waals surface area contributed by atoms with Crippen LogP contribution < -0.4 is 20.0 Å². The molecule has 1 aliphatic rings. The Labute approximate surface area is 256 Å². The Morgan fingerprint density at radius 3 is 1.67 bits per heavy atom. The molecule has 0 amide bonds. The number of aromatic nitrogens is 4. The third-order valence-corrected chi connectivity index (χ3v) is 7.47. The first-order valence-electron chi connectivity index (χ1n) is 15.2. The number of rotatable bonds is 22. The Balaban J connectivity index is 2.17. The van der Waals surface area contributed by atoms with Crippen LogP contribution in [0.4, 0.5) is 23.5 Å². The van der Waals surface area contributed by atoms with E-state index in [1.807, 2.05) is 0 Å². The van der Waals surface area contributed by atoms with Crippen molar-refractivity contribution in [3.8, 4) is 0 Å². The van der Waals surface area contributed by atoms with Gasteiger partial charge >= 0.3 is 0 Å². The maximum absolute atomic E-state index is 5.66. The van der Waals surface area contributed by atoms with Gasteiger partial charge < -0.3 is 48.4 Å². The number of anilines is 4. The molecule has 0 aliphatic carbocycles. The Hall–Kier alpha value is -2.62. The summed E-state index contributed by atoms with van der Waals surface area (Å²) < 4.78 is 32.5. The van der Waals surface area contributed by atoms with Gasteiger partial charge in [0.05, 0.1) is 32.5 Å². The summed E-state index contributed by atoms with van der Waals surface area (Å²) in [5, 5.41) is 3.56. The first-order valence-corrected chi connectivity index (χ1v) is 15.2. The summed E-state index contributed by atoms with van der Waals surface area (Å²) in [4.78, 5) is 26.8. The van der Waals surface area contributed by atoms with E-state index in [0.717, 1.165) is 51.1 Å². The first kappa shape index (κ1) is 34.9. The molecule has 0 saturated carbocycles. The molecule has 0 unspecified atom stereocenters. The molecule has 3 rings (SSSR count). The highest BCUT2D eigenvalue weighted by atomic mass is 16.5. The number of nitrogens with one attached hydrogen (secondary N) is 1. The second kappa shape index (κ2) is 19.6. The van der Waals surface area contributed by atoms with Crippen LogP contribution in [-0.2, 0) is 28.4 Å². The molecule has 1 aliphatic heterocycles. The lowest BCUT2D eigenvalue weighted by Gasteiger charge is -2.33. The van der Waals surface area contributed by atoms with Gasteiger partial charge in [0.2, 0.25) is 11.9 Å². The summed E-state index contributed by atoms with van der Waals surface area (Å²) in [5.41, 5.74) is 1.39. The van der Waals surface area contributed by atoms with Crippen molar-refractivity contribution in [2.45, 2.75) is 31.8 Å². The lowest BCUT2D eigenvalue weighted by molar-refractivity contribution is 0.0818. The van der Waals surface area contributed by atoms with Crippen LogP contribution in [-0.4, -0.2) is 148 Å². The molecule has 1 N–H and O–H groups in total. The van der Waals surface area contributed by atoms with Gasteiger partial charge in [0.1, 0.15) is 11.0 Å². The average molecular weight is 609 g/mol. The molecular weight excluding hydrogens is 556 g/mol. The van der Waals surface area contributed by atoms with Crippen molar-refractivity contribution in [1.29, 1.82) is 0 Å². The topological polar surface area (TPSA) is 129 Å². The molecule has 3 heterocycles. The number of hydrogen-bond acceptors (Lipinski definition) is 14. The molecule has 1 fully saturated rings. The minimum Gasteiger partial charge on any atom is -0.385 e. The zero-order chi connectivity index (χ0) is 30.9. The molecule has 0 aromatic carbocycles. The Bertz CT molecular complexity index is 1040. The Morgan fingerprint density at radius 1 is 0.651 bits per heavy atom. The van der Waals surface area contributed by atoms with E-state index in [9.17, 15) is 0 Å². The van der Waals surface area contributed by atoms with Crippen LogP contribution >= 0.6 is 0 Å². The van der Waals surface area contributed by atoms with Gasteiger partial charge in [-0.25, -0.2) is 9.97 Å². The van der Waals surface area contributed by atoms with Crippen molar-refractivity contribution in [2.75, 3.05) is 142 Å². The number of ether oxygens (including phenoxy) is 6. The number of methoxy groups -OCH3 is 6. The highest BCUT2D eigenvalue weighted by molar-refractivity contribution is 5.95. The van der Waals surface area contributed by atoms with Gasteiger partial charge in [-0.1, -0.05) is 0 Å². The number of piperidine rings is 1. The monoisotopic (exact) mass is 608 g/mol. The fourth-order valence-electron chi connectivity index (χ4n) is 4.92. The van der Waals surface area contributed by atoms with Crippen molar-refractivity contribution in [3.05, 3.63) is 0 Å².